The van der Waals surface area contributed by atoms with Crippen LogP contribution in [0.15, 0.2) is 24.5 Å². The lowest BCUT2D eigenvalue weighted by Crippen LogP contribution is -2.00. The molecule has 0 aliphatic carbocycles. The summed E-state index contributed by atoms with van der Waals surface area (Å²) in [5, 5.41) is 3.73. The Bertz CT molecular complexity index is 602. The maximum Gasteiger partial charge on any atom is 0.156 e. The Balaban J connectivity index is 2.36. The molecule has 18 heavy (non-hydrogen) atoms. The van der Waals surface area contributed by atoms with Gasteiger partial charge in [-0.3, -0.25) is 4.79 Å². The van der Waals surface area contributed by atoms with Crippen molar-refractivity contribution in [3.8, 4) is 0 Å². The molecule has 6 heteroatoms. The molecular weight excluding hydrogens is 273 g/mol. The van der Waals surface area contributed by atoms with Crippen LogP contribution in [0.3, 0.4) is 0 Å². The lowest BCUT2D eigenvalue weighted by Gasteiger charge is -2.09. The Morgan fingerprint density at radius 3 is 2.72 bits per heavy atom. The van der Waals surface area contributed by atoms with Crippen molar-refractivity contribution >= 4 is 41.0 Å². The number of aromatic nitrogens is 2. The highest BCUT2D eigenvalue weighted by molar-refractivity contribution is 6.32. The van der Waals surface area contributed by atoms with E-state index in [1.165, 1.54) is 6.33 Å². The van der Waals surface area contributed by atoms with E-state index in [9.17, 15) is 4.79 Å². The molecular formula is C12H9Cl2N3O. The quantitative estimate of drug-likeness (QED) is 0.689. The summed E-state index contributed by atoms with van der Waals surface area (Å²) in [6.07, 6.45) is 1.90. The van der Waals surface area contributed by atoms with E-state index < -0.39 is 0 Å². The number of carbonyl (C=O) groups excluding carboxylic acids is 1. The number of rotatable bonds is 3. The number of anilines is 2. The highest BCUT2D eigenvalue weighted by atomic mass is 35.5. The molecule has 0 saturated carbocycles. The van der Waals surface area contributed by atoms with Crippen molar-refractivity contribution in [1.82, 2.24) is 9.97 Å². The predicted molar refractivity (Wildman–Crippen MR) is 71.9 cm³/mol. The first-order valence-corrected chi connectivity index (χ1v) is 5.86. The fourth-order valence-electron chi connectivity index (χ4n) is 1.39. The van der Waals surface area contributed by atoms with Crippen LogP contribution in [-0.2, 0) is 0 Å². The van der Waals surface area contributed by atoms with Gasteiger partial charge >= 0.3 is 0 Å². The molecule has 0 unspecified atom stereocenters. The van der Waals surface area contributed by atoms with Crippen molar-refractivity contribution in [1.29, 1.82) is 0 Å². The summed E-state index contributed by atoms with van der Waals surface area (Å²) < 4.78 is 0. The van der Waals surface area contributed by atoms with Crippen molar-refractivity contribution in [3.63, 3.8) is 0 Å². The highest BCUT2D eigenvalue weighted by Gasteiger charge is 2.09. The number of aryl methyl sites for hydroxylation is 1. The number of carbonyl (C=O) groups is 1. The molecule has 2 aromatic rings. The minimum Gasteiger partial charge on any atom is -0.339 e. The summed E-state index contributed by atoms with van der Waals surface area (Å²) in [7, 11) is 0. The third-order valence-corrected chi connectivity index (χ3v) is 3.10. The first-order valence-electron chi connectivity index (χ1n) is 5.10. The average molecular weight is 282 g/mol. The van der Waals surface area contributed by atoms with E-state index in [-0.39, 0.29) is 10.7 Å². The van der Waals surface area contributed by atoms with Crippen molar-refractivity contribution < 1.29 is 4.79 Å². The molecule has 1 aromatic carbocycles. The van der Waals surface area contributed by atoms with Gasteiger partial charge in [-0.2, -0.15) is 0 Å². The van der Waals surface area contributed by atoms with E-state index in [4.69, 9.17) is 23.2 Å². The summed E-state index contributed by atoms with van der Waals surface area (Å²) in [6.45, 7) is 1.91. The van der Waals surface area contributed by atoms with Crippen LogP contribution in [-0.4, -0.2) is 16.3 Å². The molecule has 2 rings (SSSR count). The molecule has 0 saturated heterocycles. The number of benzene rings is 1. The van der Waals surface area contributed by atoms with Gasteiger partial charge < -0.3 is 5.32 Å². The Morgan fingerprint density at radius 2 is 2.06 bits per heavy atom. The molecule has 1 heterocycles. The van der Waals surface area contributed by atoms with Crippen LogP contribution in [0.5, 0.6) is 0 Å². The van der Waals surface area contributed by atoms with Gasteiger partial charge in [-0.25, -0.2) is 9.97 Å². The molecule has 0 aliphatic heterocycles. The maximum atomic E-state index is 10.9. The van der Waals surface area contributed by atoms with Crippen LogP contribution in [0.25, 0.3) is 0 Å². The van der Waals surface area contributed by atoms with Gasteiger partial charge in [-0.1, -0.05) is 29.3 Å². The number of halogens is 2. The van der Waals surface area contributed by atoms with Gasteiger partial charge in [-0.05, 0) is 24.6 Å². The van der Waals surface area contributed by atoms with Gasteiger partial charge in [0.2, 0.25) is 0 Å². The third-order valence-electron chi connectivity index (χ3n) is 2.39. The zero-order valence-corrected chi connectivity index (χ0v) is 11.0. The smallest absolute Gasteiger partial charge is 0.156 e. The normalized spacial score (nSPS) is 10.2. The SMILES string of the molecule is Cc1ccc(Nc2ncnc(Cl)c2C=O)cc1Cl. The molecule has 0 aliphatic rings. The van der Waals surface area contributed by atoms with E-state index in [2.05, 4.69) is 15.3 Å². The molecule has 0 atom stereocenters. The molecule has 92 valence electrons. The fourth-order valence-corrected chi connectivity index (χ4v) is 1.74. The van der Waals surface area contributed by atoms with Gasteiger partial charge in [0.15, 0.2) is 6.29 Å². The van der Waals surface area contributed by atoms with Crippen LogP contribution in [0.2, 0.25) is 10.2 Å². The minimum atomic E-state index is 0.112. The van der Waals surface area contributed by atoms with Crippen LogP contribution < -0.4 is 5.32 Å². The molecule has 4 nitrogen and oxygen atoms in total. The van der Waals surface area contributed by atoms with Crippen LogP contribution >= 0.6 is 23.2 Å². The molecule has 0 fully saturated rings. The number of hydrogen-bond acceptors (Lipinski definition) is 4. The van der Waals surface area contributed by atoms with Crippen LogP contribution in [0.4, 0.5) is 11.5 Å². The molecule has 0 bridgehead atoms. The van der Waals surface area contributed by atoms with Gasteiger partial charge in [0, 0.05) is 10.7 Å². The first-order chi connectivity index (χ1) is 8.61. The summed E-state index contributed by atoms with van der Waals surface area (Å²) in [5.41, 5.74) is 1.91. The Labute approximate surface area is 114 Å². The van der Waals surface area contributed by atoms with Crippen LogP contribution in [0.1, 0.15) is 15.9 Å². The number of hydrogen-bond donors (Lipinski definition) is 1. The predicted octanol–water partition coefficient (Wildman–Crippen LogP) is 3.65. The topological polar surface area (TPSA) is 54.9 Å². The van der Waals surface area contributed by atoms with Crippen molar-refractivity contribution in [2.45, 2.75) is 6.92 Å². The Hall–Kier alpha value is -1.65. The summed E-state index contributed by atoms with van der Waals surface area (Å²) in [5.74, 6) is 0.352. The lowest BCUT2D eigenvalue weighted by molar-refractivity contribution is 0.112. The molecule has 0 amide bonds. The summed E-state index contributed by atoms with van der Waals surface area (Å²) in [4.78, 5) is 18.6. The number of nitrogens with one attached hydrogen (secondary N) is 1. The second kappa shape index (κ2) is 5.33. The van der Waals surface area contributed by atoms with E-state index in [0.717, 1.165) is 11.3 Å². The highest BCUT2D eigenvalue weighted by Crippen LogP contribution is 2.25. The van der Waals surface area contributed by atoms with Crippen molar-refractivity contribution in [2.24, 2.45) is 0 Å². The minimum absolute atomic E-state index is 0.112. The average Bonchev–Trinajstić information content (AvgIpc) is 2.34. The zero-order chi connectivity index (χ0) is 13.1. The van der Waals surface area contributed by atoms with Gasteiger partial charge in [0.05, 0.1) is 5.56 Å². The molecule has 0 spiro atoms. The van der Waals surface area contributed by atoms with E-state index >= 15 is 0 Å². The third kappa shape index (κ3) is 2.60. The van der Waals surface area contributed by atoms with E-state index in [0.29, 0.717) is 17.1 Å². The summed E-state index contributed by atoms with van der Waals surface area (Å²) >= 11 is 11.8. The second-order valence-corrected chi connectivity index (χ2v) is 4.40. The van der Waals surface area contributed by atoms with Gasteiger partial charge in [0.1, 0.15) is 17.3 Å². The van der Waals surface area contributed by atoms with Gasteiger partial charge in [0.25, 0.3) is 0 Å². The van der Waals surface area contributed by atoms with E-state index in [1.807, 2.05) is 19.1 Å². The monoisotopic (exact) mass is 281 g/mol. The number of nitrogens with zero attached hydrogens (tertiary/aromatic N) is 2. The summed E-state index contributed by atoms with van der Waals surface area (Å²) in [6, 6.07) is 5.46. The van der Waals surface area contributed by atoms with Crippen LogP contribution in [0, 0.1) is 6.92 Å². The zero-order valence-electron chi connectivity index (χ0n) is 9.45. The van der Waals surface area contributed by atoms with Crippen molar-refractivity contribution in [2.75, 3.05) is 5.32 Å². The molecule has 0 radical (unpaired) electrons. The standard InChI is InChI=1S/C12H9Cl2N3O/c1-7-2-3-8(4-10(7)13)17-12-9(5-18)11(14)15-6-16-12/h2-6H,1H3,(H,15,16,17). The first kappa shape index (κ1) is 12.8. The van der Waals surface area contributed by atoms with Crippen molar-refractivity contribution in [3.05, 3.63) is 45.8 Å². The largest absolute Gasteiger partial charge is 0.339 e. The maximum absolute atomic E-state index is 10.9. The van der Waals surface area contributed by atoms with Gasteiger partial charge in [-0.15, -0.1) is 0 Å². The molecule has 1 aromatic heterocycles. The van der Waals surface area contributed by atoms with E-state index in [1.54, 1.807) is 6.07 Å². The Kier molecular flexibility index (Phi) is 3.79. The molecule has 1 N–H and O–H groups in total. The fraction of sp³-hybridized carbons (Fsp3) is 0.0833. The lowest BCUT2D eigenvalue weighted by atomic mass is 10.2. The second-order valence-electron chi connectivity index (χ2n) is 3.63. The number of aldehydes is 1. The Morgan fingerprint density at radius 1 is 1.28 bits per heavy atom.